The zero-order valence-electron chi connectivity index (χ0n) is 14.1. The molecule has 0 saturated carbocycles. The van der Waals surface area contributed by atoms with Crippen LogP contribution in [0.1, 0.15) is 53.9 Å². The molecular formula is C16H30N2O3. The van der Waals surface area contributed by atoms with Gasteiger partial charge in [0.05, 0.1) is 0 Å². The number of nitrogens with one attached hydrogen (secondary N) is 1. The molecule has 0 aromatic heterocycles. The molecule has 1 heterocycles. The highest BCUT2D eigenvalue weighted by molar-refractivity contribution is 5.79. The third-order valence-corrected chi connectivity index (χ3v) is 3.84. The fourth-order valence-electron chi connectivity index (χ4n) is 2.21. The fourth-order valence-corrected chi connectivity index (χ4v) is 2.21. The van der Waals surface area contributed by atoms with Crippen LogP contribution in [0, 0.1) is 11.8 Å². The second-order valence-electron chi connectivity index (χ2n) is 7.00. The Morgan fingerprint density at radius 1 is 1.29 bits per heavy atom. The minimum atomic E-state index is -0.471. The number of hydrogen-bond donors (Lipinski definition) is 1. The molecule has 5 nitrogen and oxygen atoms in total. The van der Waals surface area contributed by atoms with Crippen molar-refractivity contribution in [1.29, 1.82) is 0 Å². The van der Waals surface area contributed by atoms with Gasteiger partial charge in [-0.2, -0.15) is 0 Å². The lowest BCUT2D eigenvalue weighted by Crippen LogP contribution is -2.45. The maximum absolute atomic E-state index is 12.1. The first-order chi connectivity index (χ1) is 9.73. The number of likely N-dealkylation sites (tertiary alicyclic amines) is 1. The third kappa shape index (κ3) is 6.36. The van der Waals surface area contributed by atoms with Crippen molar-refractivity contribution in [3.05, 3.63) is 0 Å². The zero-order valence-corrected chi connectivity index (χ0v) is 14.1. The summed E-state index contributed by atoms with van der Waals surface area (Å²) in [5.74, 6) is 0.655. The van der Waals surface area contributed by atoms with Crippen LogP contribution in [0.15, 0.2) is 0 Å². The third-order valence-electron chi connectivity index (χ3n) is 3.84. The SMILES string of the molecule is CCC(C)CNC(=O)C1CCN(C(=O)OC(C)(C)C)CC1. The van der Waals surface area contributed by atoms with Gasteiger partial charge < -0.3 is 15.0 Å². The summed E-state index contributed by atoms with van der Waals surface area (Å²) in [6.07, 6.45) is 2.22. The van der Waals surface area contributed by atoms with Crippen LogP contribution in [0.25, 0.3) is 0 Å². The van der Waals surface area contributed by atoms with E-state index < -0.39 is 5.60 Å². The molecule has 0 aromatic carbocycles. The molecule has 1 aliphatic heterocycles. The molecule has 122 valence electrons. The van der Waals surface area contributed by atoms with E-state index in [1.54, 1.807) is 4.90 Å². The summed E-state index contributed by atoms with van der Waals surface area (Å²) in [5, 5.41) is 3.01. The molecule has 1 unspecified atom stereocenters. The first-order valence-electron chi connectivity index (χ1n) is 7.98. The van der Waals surface area contributed by atoms with Crippen molar-refractivity contribution in [1.82, 2.24) is 10.2 Å². The quantitative estimate of drug-likeness (QED) is 0.868. The van der Waals surface area contributed by atoms with Crippen molar-refractivity contribution in [3.63, 3.8) is 0 Å². The second-order valence-corrected chi connectivity index (χ2v) is 7.00. The number of hydrogen-bond acceptors (Lipinski definition) is 3. The standard InChI is InChI=1S/C16H30N2O3/c1-6-12(2)11-17-14(19)13-7-9-18(10-8-13)15(20)21-16(3,4)5/h12-13H,6-11H2,1-5H3,(H,17,19). The van der Waals surface area contributed by atoms with Crippen LogP contribution < -0.4 is 5.32 Å². The zero-order chi connectivity index (χ0) is 16.0. The van der Waals surface area contributed by atoms with Gasteiger partial charge in [-0.15, -0.1) is 0 Å². The highest BCUT2D eigenvalue weighted by Crippen LogP contribution is 2.20. The molecule has 0 bridgehead atoms. The number of piperidine rings is 1. The van der Waals surface area contributed by atoms with Gasteiger partial charge in [-0.3, -0.25) is 4.79 Å². The van der Waals surface area contributed by atoms with Crippen LogP contribution in [-0.4, -0.2) is 42.1 Å². The average Bonchev–Trinajstić information content (AvgIpc) is 2.42. The normalized spacial score (nSPS) is 18.2. The molecule has 5 heteroatoms. The smallest absolute Gasteiger partial charge is 0.410 e. The molecule has 1 fully saturated rings. The Hall–Kier alpha value is -1.26. The van der Waals surface area contributed by atoms with E-state index in [0.717, 1.165) is 13.0 Å². The van der Waals surface area contributed by atoms with Crippen molar-refractivity contribution >= 4 is 12.0 Å². The molecule has 0 aromatic rings. The molecule has 0 spiro atoms. The largest absolute Gasteiger partial charge is 0.444 e. The summed E-state index contributed by atoms with van der Waals surface area (Å²) in [6.45, 7) is 11.8. The molecule has 1 rings (SSSR count). The molecule has 1 N–H and O–H groups in total. The van der Waals surface area contributed by atoms with Crippen LogP contribution in [0.5, 0.6) is 0 Å². The van der Waals surface area contributed by atoms with Gasteiger partial charge in [0.25, 0.3) is 0 Å². The lowest BCUT2D eigenvalue weighted by molar-refractivity contribution is -0.126. The number of rotatable bonds is 4. The van der Waals surface area contributed by atoms with Crippen LogP contribution in [0.3, 0.4) is 0 Å². The summed E-state index contributed by atoms with van der Waals surface area (Å²) < 4.78 is 5.35. The van der Waals surface area contributed by atoms with Gasteiger partial charge in [0.15, 0.2) is 0 Å². The van der Waals surface area contributed by atoms with Crippen molar-refractivity contribution in [3.8, 4) is 0 Å². The summed E-state index contributed by atoms with van der Waals surface area (Å²) in [6, 6.07) is 0. The van der Waals surface area contributed by atoms with Crippen molar-refractivity contribution in [2.24, 2.45) is 11.8 Å². The van der Waals surface area contributed by atoms with Gasteiger partial charge in [-0.05, 0) is 39.5 Å². The van der Waals surface area contributed by atoms with Crippen LogP contribution in [0.4, 0.5) is 4.79 Å². The van der Waals surface area contributed by atoms with Crippen molar-refractivity contribution in [2.75, 3.05) is 19.6 Å². The lowest BCUT2D eigenvalue weighted by Gasteiger charge is -2.33. The Morgan fingerprint density at radius 3 is 2.33 bits per heavy atom. The second kappa shape index (κ2) is 7.66. The Balaban J connectivity index is 2.34. The molecular weight excluding hydrogens is 268 g/mol. The predicted octanol–water partition coefficient (Wildman–Crippen LogP) is 2.80. The first kappa shape index (κ1) is 17.8. The molecule has 1 atom stereocenters. The summed E-state index contributed by atoms with van der Waals surface area (Å²) in [5.41, 5.74) is -0.471. The van der Waals surface area contributed by atoms with E-state index in [2.05, 4.69) is 19.2 Å². The van der Waals surface area contributed by atoms with Gasteiger partial charge in [0.1, 0.15) is 5.60 Å². The number of ether oxygens (including phenoxy) is 1. The van der Waals surface area contributed by atoms with E-state index in [9.17, 15) is 9.59 Å². The van der Waals surface area contributed by atoms with E-state index in [0.29, 0.717) is 31.8 Å². The Labute approximate surface area is 128 Å². The van der Waals surface area contributed by atoms with E-state index in [-0.39, 0.29) is 17.9 Å². The summed E-state index contributed by atoms with van der Waals surface area (Å²) in [7, 11) is 0. The first-order valence-corrected chi connectivity index (χ1v) is 7.98. The summed E-state index contributed by atoms with van der Waals surface area (Å²) in [4.78, 5) is 25.7. The summed E-state index contributed by atoms with van der Waals surface area (Å²) >= 11 is 0. The Morgan fingerprint density at radius 2 is 1.86 bits per heavy atom. The Bertz CT molecular complexity index is 355. The monoisotopic (exact) mass is 298 g/mol. The van der Waals surface area contributed by atoms with E-state index in [1.165, 1.54) is 0 Å². The molecule has 2 amide bonds. The number of carbonyl (C=O) groups excluding carboxylic acids is 2. The topological polar surface area (TPSA) is 58.6 Å². The van der Waals surface area contributed by atoms with Crippen LogP contribution in [0.2, 0.25) is 0 Å². The van der Waals surface area contributed by atoms with E-state index in [1.807, 2.05) is 20.8 Å². The molecule has 0 aliphatic carbocycles. The van der Waals surface area contributed by atoms with Gasteiger partial charge in [0, 0.05) is 25.6 Å². The minimum absolute atomic E-state index is 0.0211. The maximum Gasteiger partial charge on any atom is 0.410 e. The Kier molecular flexibility index (Phi) is 6.49. The predicted molar refractivity (Wildman–Crippen MR) is 83.0 cm³/mol. The van der Waals surface area contributed by atoms with E-state index in [4.69, 9.17) is 4.74 Å². The van der Waals surface area contributed by atoms with Crippen molar-refractivity contribution < 1.29 is 14.3 Å². The molecule has 1 saturated heterocycles. The number of carbonyl (C=O) groups is 2. The highest BCUT2D eigenvalue weighted by Gasteiger charge is 2.29. The minimum Gasteiger partial charge on any atom is -0.444 e. The van der Waals surface area contributed by atoms with Gasteiger partial charge in [-0.25, -0.2) is 4.79 Å². The van der Waals surface area contributed by atoms with Gasteiger partial charge in [0.2, 0.25) is 5.91 Å². The number of amides is 2. The van der Waals surface area contributed by atoms with Crippen molar-refractivity contribution in [2.45, 2.75) is 59.5 Å². The molecule has 21 heavy (non-hydrogen) atoms. The molecule has 0 radical (unpaired) electrons. The van der Waals surface area contributed by atoms with Crippen LogP contribution >= 0.6 is 0 Å². The van der Waals surface area contributed by atoms with Gasteiger partial charge >= 0.3 is 6.09 Å². The fraction of sp³-hybridized carbons (Fsp3) is 0.875. The maximum atomic E-state index is 12.1. The number of nitrogens with zero attached hydrogens (tertiary/aromatic N) is 1. The highest BCUT2D eigenvalue weighted by atomic mass is 16.6. The van der Waals surface area contributed by atoms with Gasteiger partial charge in [-0.1, -0.05) is 20.3 Å². The lowest BCUT2D eigenvalue weighted by atomic mass is 9.96. The van der Waals surface area contributed by atoms with Crippen LogP contribution in [-0.2, 0) is 9.53 Å². The molecule has 1 aliphatic rings. The average molecular weight is 298 g/mol. The van der Waals surface area contributed by atoms with E-state index >= 15 is 0 Å².